The quantitative estimate of drug-likeness (QED) is 0.308. The Labute approximate surface area is 205 Å². The van der Waals surface area contributed by atoms with E-state index in [0.717, 1.165) is 15.4 Å². The molecule has 0 unspecified atom stereocenters. The van der Waals surface area contributed by atoms with Crippen LogP contribution in [0.1, 0.15) is 32.2 Å². The van der Waals surface area contributed by atoms with Gasteiger partial charge in [-0.05, 0) is 61.5 Å². The summed E-state index contributed by atoms with van der Waals surface area (Å²) >= 11 is 7.49. The lowest BCUT2D eigenvalue weighted by Crippen LogP contribution is -2.31. The number of halogens is 1. The van der Waals surface area contributed by atoms with Crippen LogP contribution in [-0.4, -0.2) is 24.0 Å². The molecule has 170 valence electrons. The van der Waals surface area contributed by atoms with Gasteiger partial charge in [0.15, 0.2) is 0 Å². The zero-order valence-electron chi connectivity index (χ0n) is 18.4. The second-order valence-corrected chi connectivity index (χ2v) is 9.21. The van der Waals surface area contributed by atoms with E-state index in [4.69, 9.17) is 20.8 Å². The van der Waals surface area contributed by atoms with Gasteiger partial charge in [-0.1, -0.05) is 35.5 Å². The van der Waals surface area contributed by atoms with E-state index in [2.05, 4.69) is 4.98 Å². The van der Waals surface area contributed by atoms with Crippen molar-refractivity contribution in [2.24, 2.45) is 0 Å². The molecule has 0 aliphatic carbocycles. The molecule has 34 heavy (non-hydrogen) atoms. The molecule has 8 heteroatoms. The molecule has 0 saturated carbocycles. The molecule has 0 fully saturated rings. The lowest BCUT2D eigenvalue weighted by Gasteiger charge is -2.22. The van der Waals surface area contributed by atoms with Crippen LogP contribution in [0, 0.1) is 6.92 Å². The maximum absolute atomic E-state index is 13.7. The van der Waals surface area contributed by atoms with Crippen LogP contribution in [0.3, 0.4) is 0 Å². The minimum absolute atomic E-state index is 0.175. The predicted octanol–water partition coefficient (Wildman–Crippen LogP) is 6.40. The Bertz CT molecular complexity index is 1410. The third-order valence-electron chi connectivity index (χ3n) is 5.55. The number of carbonyl (C=O) groups excluding carboxylic acids is 2. The highest BCUT2D eigenvalue weighted by Gasteiger charge is 2.29. The second-order valence-electron chi connectivity index (χ2n) is 7.69. The van der Waals surface area contributed by atoms with Crippen LogP contribution in [0.25, 0.3) is 11.5 Å². The number of benzene rings is 3. The van der Waals surface area contributed by atoms with Gasteiger partial charge < -0.3 is 14.1 Å². The van der Waals surface area contributed by atoms with Gasteiger partial charge in [0.1, 0.15) is 11.5 Å². The Hall–Kier alpha value is -3.55. The van der Waals surface area contributed by atoms with Crippen molar-refractivity contribution >= 4 is 40.9 Å². The SMILES string of the molecule is COC(=O)c1ccc2c(c1)N(Cc1nc(-c3ccc(Cl)cc3)oc1C)C(=O)c1ccccc1S2. The number of hydrogen-bond acceptors (Lipinski definition) is 6. The Morgan fingerprint density at radius 2 is 1.85 bits per heavy atom. The largest absolute Gasteiger partial charge is 0.465 e. The van der Waals surface area contributed by atoms with E-state index < -0.39 is 5.97 Å². The number of aryl methyl sites for hydroxylation is 1. The van der Waals surface area contributed by atoms with E-state index in [1.54, 1.807) is 35.2 Å². The van der Waals surface area contributed by atoms with E-state index in [-0.39, 0.29) is 12.5 Å². The number of rotatable bonds is 4. The van der Waals surface area contributed by atoms with Crippen molar-refractivity contribution in [2.75, 3.05) is 12.0 Å². The minimum atomic E-state index is -0.468. The fourth-order valence-corrected chi connectivity index (χ4v) is 4.95. The highest BCUT2D eigenvalue weighted by molar-refractivity contribution is 7.99. The van der Waals surface area contributed by atoms with Crippen molar-refractivity contribution < 1.29 is 18.7 Å². The summed E-state index contributed by atoms with van der Waals surface area (Å²) in [6, 6.07) is 19.9. The lowest BCUT2D eigenvalue weighted by atomic mass is 10.1. The van der Waals surface area contributed by atoms with Gasteiger partial charge in [0.2, 0.25) is 5.89 Å². The normalized spacial score (nSPS) is 12.7. The monoisotopic (exact) mass is 490 g/mol. The summed E-state index contributed by atoms with van der Waals surface area (Å²) in [7, 11) is 1.33. The van der Waals surface area contributed by atoms with Crippen LogP contribution in [0.5, 0.6) is 0 Å². The van der Waals surface area contributed by atoms with Gasteiger partial charge in [-0.15, -0.1) is 0 Å². The summed E-state index contributed by atoms with van der Waals surface area (Å²) < 4.78 is 10.8. The molecule has 2 heterocycles. The van der Waals surface area contributed by atoms with E-state index in [1.165, 1.54) is 18.9 Å². The summed E-state index contributed by atoms with van der Waals surface area (Å²) in [5.41, 5.74) is 2.98. The third-order valence-corrected chi connectivity index (χ3v) is 6.94. The summed E-state index contributed by atoms with van der Waals surface area (Å²) in [6.07, 6.45) is 0. The number of methoxy groups -OCH3 is 1. The highest BCUT2D eigenvalue weighted by Crippen LogP contribution is 2.42. The number of amides is 1. The zero-order valence-corrected chi connectivity index (χ0v) is 19.9. The Kier molecular flexibility index (Phi) is 5.89. The molecule has 1 aliphatic rings. The van der Waals surface area contributed by atoms with Gasteiger partial charge in [0.05, 0.1) is 30.5 Å². The number of nitrogens with zero attached hydrogens (tertiary/aromatic N) is 2. The minimum Gasteiger partial charge on any atom is -0.465 e. The Morgan fingerprint density at radius 3 is 2.62 bits per heavy atom. The standard InChI is InChI=1S/C26H19ClN2O4S/c1-15-20(28-24(33-15)16-7-10-18(27)11-8-16)14-29-21-13-17(26(31)32-2)9-12-23(21)34-22-6-4-3-5-19(22)25(29)30/h3-13H,14H2,1-2H3. The molecule has 0 radical (unpaired) electrons. The number of fused-ring (bicyclic) bond motifs is 2. The van der Waals surface area contributed by atoms with Crippen LogP contribution in [0.4, 0.5) is 5.69 Å². The van der Waals surface area contributed by atoms with Crippen molar-refractivity contribution in [1.29, 1.82) is 0 Å². The Morgan fingerprint density at radius 1 is 1.09 bits per heavy atom. The van der Waals surface area contributed by atoms with Gasteiger partial charge in [-0.25, -0.2) is 9.78 Å². The van der Waals surface area contributed by atoms with Gasteiger partial charge in [-0.2, -0.15) is 0 Å². The van der Waals surface area contributed by atoms with Gasteiger partial charge in [0.25, 0.3) is 5.91 Å². The molecule has 3 aromatic carbocycles. The fraction of sp³-hybridized carbons (Fsp3) is 0.115. The first kappa shape index (κ1) is 22.3. The number of aromatic nitrogens is 1. The summed E-state index contributed by atoms with van der Waals surface area (Å²) in [6.45, 7) is 1.99. The number of carbonyl (C=O) groups is 2. The van der Waals surface area contributed by atoms with Crippen LogP contribution in [0.15, 0.2) is 80.9 Å². The topological polar surface area (TPSA) is 72.6 Å². The highest BCUT2D eigenvalue weighted by atomic mass is 35.5. The van der Waals surface area contributed by atoms with Crippen molar-refractivity contribution in [1.82, 2.24) is 4.98 Å². The predicted molar refractivity (Wildman–Crippen MR) is 131 cm³/mol. The smallest absolute Gasteiger partial charge is 0.337 e. The Balaban J connectivity index is 1.59. The molecule has 6 nitrogen and oxygen atoms in total. The van der Waals surface area contributed by atoms with Gasteiger partial charge >= 0.3 is 5.97 Å². The van der Waals surface area contributed by atoms with E-state index in [0.29, 0.717) is 39.2 Å². The first-order valence-electron chi connectivity index (χ1n) is 10.5. The molecule has 5 rings (SSSR count). The first-order chi connectivity index (χ1) is 16.4. The van der Waals surface area contributed by atoms with Crippen molar-refractivity contribution in [3.8, 4) is 11.5 Å². The third kappa shape index (κ3) is 4.08. The molecular weight excluding hydrogens is 472 g/mol. The van der Waals surface area contributed by atoms with E-state index in [9.17, 15) is 9.59 Å². The van der Waals surface area contributed by atoms with E-state index >= 15 is 0 Å². The van der Waals surface area contributed by atoms with Crippen LogP contribution in [0.2, 0.25) is 5.02 Å². The molecule has 1 aromatic heterocycles. The zero-order chi connectivity index (χ0) is 23.8. The van der Waals surface area contributed by atoms with Crippen LogP contribution in [-0.2, 0) is 11.3 Å². The molecule has 0 atom stereocenters. The maximum atomic E-state index is 13.7. The molecule has 0 N–H and O–H groups in total. The molecule has 0 spiro atoms. The van der Waals surface area contributed by atoms with Crippen LogP contribution < -0.4 is 4.90 Å². The average Bonchev–Trinajstić information content (AvgIpc) is 3.17. The molecule has 1 amide bonds. The molecule has 0 bridgehead atoms. The number of esters is 1. The summed E-state index contributed by atoms with van der Waals surface area (Å²) in [5, 5.41) is 0.622. The van der Waals surface area contributed by atoms with Crippen molar-refractivity contribution in [2.45, 2.75) is 23.3 Å². The molecule has 0 saturated heterocycles. The summed E-state index contributed by atoms with van der Waals surface area (Å²) in [5.74, 6) is 0.405. The lowest BCUT2D eigenvalue weighted by molar-refractivity contribution is 0.0600. The maximum Gasteiger partial charge on any atom is 0.337 e. The molecule has 1 aliphatic heterocycles. The number of anilines is 1. The van der Waals surface area contributed by atoms with Crippen molar-refractivity contribution in [3.05, 3.63) is 94.3 Å². The molecule has 4 aromatic rings. The first-order valence-corrected chi connectivity index (χ1v) is 11.7. The number of ether oxygens (including phenoxy) is 1. The number of oxazole rings is 1. The van der Waals surface area contributed by atoms with Gasteiger partial charge in [-0.3, -0.25) is 4.79 Å². The van der Waals surface area contributed by atoms with Crippen molar-refractivity contribution in [3.63, 3.8) is 0 Å². The second kappa shape index (κ2) is 9.00. The fourth-order valence-electron chi connectivity index (χ4n) is 3.76. The molecular formula is C26H19ClN2O4S. The van der Waals surface area contributed by atoms with Crippen LogP contribution >= 0.6 is 23.4 Å². The number of hydrogen-bond donors (Lipinski definition) is 0. The summed E-state index contributed by atoms with van der Waals surface area (Å²) in [4.78, 5) is 33.9. The average molecular weight is 491 g/mol. The van der Waals surface area contributed by atoms with E-state index in [1.807, 2.05) is 43.3 Å². The van der Waals surface area contributed by atoms with Gasteiger partial charge in [0, 0.05) is 20.4 Å².